The summed E-state index contributed by atoms with van der Waals surface area (Å²) in [5.41, 5.74) is 2.00. The summed E-state index contributed by atoms with van der Waals surface area (Å²) >= 11 is 0. The summed E-state index contributed by atoms with van der Waals surface area (Å²) in [6, 6.07) is 6.29. The van der Waals surface area contributed by atoms with Crippen molar-refractivity contribution in [2.24, 2.45) is 0 Å². The zero-order chi connectivity index (χ0) is 20.1. The van der Waals surface area contributed by atoms with Gasteiger partial charge >= 0.3 is 6.09 Å². The Labute approximate surface area is 169 Å². The summed E-state index contributed by atoms with van der Waals surface area (Å²) in [4.78, 5) is 16.3. The lowest BCUT2D eigenvalue weighted by molar-refractivity contribution is 0.0126. The van der Waals surface area contributed by atoms with E-state index in [1.54, 1.807) is 4.90 Å². The Morgan fingerprint density at radius 2 is 1.79 bits per heavy atom. The minimum Gasteiger partial charge on any atom is -0.490 e. The van der Waals surface area contributed by atoms with E-state index in [2.05, 4.69) is 36.2 Å². The van der Waals surface area contributed by atoms with Crippen molar-refractivity contribution in [1.29, 1.82) is 0 Å². The molecule has 28 heavy (non-hydrogen) atoms. The number of piperidine rings is 1. The number of carbonyl (C=O) groups excluding carboxylic acids is 1. The number of amides is 1. The summed E-state index contributed by atoms with van der Waals surface area (Å²) in [5.74, 6) is 0.905. The molecule has 5 heteroatoms. The van der Waals surface area contributed by atoms with Gasteiger partial charge in [-0.05, 0) is 76.1 Å². The largest absolute Gasteiger partial charge is 0.490 e. The lowest BCUT2D eigenvalue weighted by atomic mass is 10.1. The number of benzene rings is 1. The lowest BCUT2D eigenvalue weighted by Crippen LogP contribution is -2.44. The molecule has 0 saturated carbocycles. The first-order valence-corrected chi connectivity index (χ1v) is 10.5. The fourth-order valence-electron chi connectivity index (χ4n) is 3.62. The number of hydrogen-bond donors (Lipinski definition) is 0. The standard InChI is InChI=1S/C23H34N2O3/c1-18-7-8-21(17-19(18)9-14-24-12-5-6-13-24)27-20-10-15-25(16-11-20)22(26)28-23(2,3)4/h7-9,14,17,20H,5-6,10-13,15-16H2,1-4H3. The molecule has 1 amide bonds. The van der Waals surface area contributed by atoms with Gasteiger partial charge in [-0.15, -0.1) is 0 Å². The summed E-state index contributed by atoms with van der Waals surface area (Å²) in [6.45, 7) is 11.5. The van der Waals surface area contributed by atoms with Gasteiger partial charge in [0.05, 0.1) is 0 Å². The van der Waals surface area contributed by atoms with E-state index in [0.29, 0.717) is 13.1 Å². The van der Waals surface area contributed by atoms with Crippen molar-refractivity contribution in [3.63, 3.8) is 0 Å². The van der Waals surface area contributed by atoms with Crippen LogP contribution in [-0.2, 0) is 4.74 Å². The fraction of sp³-hybridized carbons (Fsp3) is 0.609. The SMILES string of the molecule is Cc1ccc(OC2CCN(C(=O)OC(C)(C)C)CC2)cc1C=CN1CCCC1. The molecule has 0 spiro atoms. The van der Waals surface area contributed by atoms with E-state index < -0.39 is 5.60 Å². The number of rotatable bonds is 4. The van der Waals surface area contributed by atoms with Gasteiger partial charge in [0.15, 0.2) is 0 Å². The van der Waals surface area contributed by atoms with Gasteiger partial charge in [0.2, 0.25) is 0 Å². The van der Waals surface area contributed by atoms with E-state index in [1.807, 2.05) is 26.8 Å². The zero-order valence-corrected chi connectivity index (χ0v) is 17.7. The van der Waals surface area contributed by atoms with Crippen molar-refractivity contribution in [2.45, 2.75) is 65.1 Å². The highest BCUT2D eigenvalue weighted by Crippen LogP contribution is 2.24. The Kier molecular flexibility index (Phi) is 6.53. The molecule has 0 aromatic heterocycles. The average molecular weight is 387 g/mol. The first-order valence-electron chi connectivity index (χ1n) is 10.5. The van der Waals surface area contributed by atoms with Gasteiger partial charge in [0.25, 0.3) is 0 Å². The highest BCUT2D eigenvalue weighted by Gasteiger charge is 2.27. The van der Waals surface area contributed by atoms with Gasteiger partial charge in [0, 0.05) is 39.0 Å². The zero-order valence-electron chi connectivity index (χ0n) is 17.7. The molecule has 1 aromatic rings. The topological polar surface area (TPSA) is 42.0 Å². The Morgan fingerprint density at radius 1 is 1.11 bits per heavy atom. The first kappa shape index (κ1) is 20.6. The second kappa shape index (κ2) is 8.89. The van der Waals surface area contributed by atoms with Crippen molar-refractivity contribution >= 4 is 12.2 Å². The van der Waals surface area contributed by atoms with Crippen molar-refractivity contribution in [2.75, 3.05) is 26.2 Å². The number of hydrogen-bond acceptors (Lipinski definition) is 4. The minimum atomic E-state index is -0.453. The molecule has 2 aliphatic rings. The van der Waals surface area contributed by atoms with Crippen LogP contribution in [0.4, 0.5) is 4.79 Å². The van der Waals surface area contributed by atoms with Gasteiger partial charge in [-0.1, -0.05) is 6.07 Å². The van der Waals surface area contributed by atoms with Gasteiger partial charge in [0.1, 0.15) is 17.5 Å². The number of carbonyl (C=O) groups is 1. The summed E-state index contributed by atoms with van der Waals surface area (Å²) in [6.07, 6.45) is 8.53. The van der Waals surface area contributed by atoms with Crippen LogP contribution in [-0.4, -0.2) is 53.8 Å². The maximum absolute atomic E-state index is 12.2. The smallest absolute Gasteiger partial charge is 0.410 e. The van der Waals surface area contributed by atoms with Crippen molar-refractivity contribution in [3.05, 3.63) is 35.5 Å². The van der Waals surface area contributed by atoms with Crippen molar-refractivity contribution < 1.29 is 14.3 Å². The third-order valence-corrected chi connectivity index (χ3v) is 5.25. The molecule has 0 radical (unpaired) electrons. The molecule has 5 nitrogen and oxygen atoms in total. The molecule has 0 unspecified atom stereocenters. The maximum atomic E-state index is 12.2. The molecular weight excluding hydrogens is 352 g/mol. The maximum Gasteiger partial charge on any atom is 0.410 e. The predicted octanol–water partition coefficient (Wildman–Crippen LogP) is 4.84. The Balaban J connectivity index is 1.53. The van der Waals surface area contributed by atoms with Crippen LogP contribution in [0.15, 0.2) is 24.4 Å². The van der Waals surface area contributed by atoms with Crippen LogP contribution < -0.4 is 4.74 Å². The van der Waals surface area contributed by atoms with Gasteiger partial charge in [-0.2, -0.15) is 0 Å². The van der Waals surface area contributed by atoms with Gasteiger partial charge in [-0.3, -0.25) is 0 Å². The quantitative estimate of drug-likeness (QED) is 0.742. The number of nitrogens with zero attached hydrogens (tertiary/aromatic N) is 2. The second-order valence-electron chi connectivity index (χ2n) is 8.86. The Morgan fingerprint density at radius 3 is 2.43 bits per heavy atom. The van der Waals surface area contributed by atoms with Crippen LogP contribution in [0.25, 0.3) is 6.08 Å². The third-order valence-electron chi connectivity index (χ3n) is 5.25. The second-order valence-corrected chi connectivity index (χ2v) is 8.86. The number of likely N-dealkylation sites (tertiary alicyclic amines) is 2. The Hall–Kier alpha value is -2.17. The molecule has 2 heterocycles. The first-order chi connectivity index (χ1) is 13.3. The van der Waals surface area contributed by atoms with Crippen LogP contribution in [0.3, 0.4) is 0 Å². The predicted molar refractivity (Wildman–Crippen MR) is 112 cm³/mol. The molecule has 1 aromatic carbocycles. The van der Waals surface area contributed by atoms with Gasteiger partial charge < -0.3 is 19.3 Å². The van der Waals surface area contributed by atoms with Crippen LogP contribution in [0.2, 0.25) is 0 Å². The highest BCUT2D eigenvalue weighted by atomic mass is 16.6. The van der Waals surface area contributed by atoms with Crippen LogP contribution >= 0.6 is 0 Å². The van der Waals surface area contributed by atoms with Crippen LogP contribution in [0.1, 0.15) is 57.6 Å². The van der Waals surface area contributed by atoms with E-state index >= 15 is 0 Å². The summed E-state index contributed by atoms with van der Waals surface area (Å²) in [5, 5.41) is 0. The van der Waals surface area contributed by atoms with E-state index in [0.717, 1.165) is 31.7 Å². The average Bonchev–Trinajstić information content (AvgIpc) is 3.15. The molecule has 154 valence electrons. The normalized spacial score (nSPS) is 18.7. The monoisotopic (exact) mass is 386 g/mol. The van der Waals surface area contributed by atoms with E-state index in [9.17, 15) is 4.79 Å². The van der Waals surface area contributed by atoms with Crippen LogP contribution in [0, 0.1) is 6.92 Å². The third kappa shape index (κ3) is 5.91. The molecule has 3 rings (SSSR count). The minimum absolute atomic E-state index is 0.136. The fourth-order valence-corrected chi connectivity index (χ4v) is 3.62. The van der Waals surface area contributed by atoms with Gasteiger partial charge in [-0.25, -0.2) is 4.79 Å². The van der Waals surface area contributed by atoms with Crippen molar-refractivity contribution in [3.8, 4) is 5.75 Å². The number of ether oxygens (including phenoxy) is 2. The molecular formula is C23H34N2O3. The molecule has 0 N–H and O–H groups in total. The molecule has 2 saturated heterocycles. The Bertz CT molecular complexity index is 694. The highest BCUT2D eigenvalue weighted by molar-refractivity contribution is 5.68. The van der Waals surface area contributed by atoms with E-state index in [4.69, 9.17) is 9.47 Å². The van der Waals surface area contributed by atoms with Crippen molar-refractivity contribution in [1.82, 2.24) is 9.80 Å². The summed E-state index contributed by atoms with van der Waals surface area (Å²) in [7, 11) is 0. The van der Waals surface area contributed by atoms with Crippen LogP contribution in [0.5, 0.6) is 5.75 Å². The molecule has 0 aliphatic carbocycles. The molecule has 0 bridgehead atoms. The van der Waals surface area contributed by atoms with E-state index in [-0.39, 0.29) is 12.2 Å². The molecule has 2 fully saturated rings. The molecule has 2 aliphatic heterocycles. The number of aryl methyl sites for hydroxylation is 1. The molecule has 0 atom stereocenters. The summed E-state index contributed by atoms with van der Waals surface area (Å²) < 4.78 is 11.7. The van der Waals surface area contributed by atoms with E-state index in [1.165, 1.54) is 24.0 Å². The lowest BCUT2D eigenvalue weighted by Gasteiger charge is -2.33.